The van der Waals surface area contributed by atoms with Gasteiger partial charge in [0.25, 0.3) is 0 Å². The fraction of sp³-hybridized carbons (Fsp3) is 0.450. The van der Waals surface area contributed by atoms with E-state index in [2.05, 4.69) is 46.2 Å². The summed E-state index contributed by atoms with van der Waals surface area (Å²) in [5.74, 6) is 0.856. The summed E-state index contributed by atoms with van der Waals surface area (Å²) in [5.41, 5.74) is 9.26. The minimum atomic E-state index is 0.129. The maximum Gasteiger partial charge on any atom is 0.322 e. The predicted molar refractivity (Wildman–Crippen MR) is 110 cm³/mol. The summed E-state index contributed by atoms with van der Waals surface area (Å²) in [6.45, 7) is 6.29. The van der Waals surface area contributed by atoms with Crippen molar-refractivity contribution in [1.29, 1.82) is 0 Å². The lowest BCUT2D eigenvalue weighted by Crippen LogP contribution is -2.36. The van der Waals surface area contributed by atoms with Crippen LogP contribution in [-0.2, 0) is 0 Å². The van der Waals surface area contributed by atoms with Crippen molar-refractivity contribution in [2.45, 2.75) is 38.7 Å². The molecule has 148 valence electrons. The molecule has 8 heteroatoms. The monoisotopic (exact) mass is 381 g/mol. The first-order chi connectivity index (χ1) is 13.5. The van der Waals surface area contributed by atoms with Gasteiger partial charge in [0.15, 0.2) is 5.65 Å². The second kappa shape index (κ2) is 7.63. The number of aromatic nitrogens is 4. The number of likely N-dealkylation sites (tertiary alicyclic amines) is 1. The summed E-state index contributed by atoms with van der Waals surface area (Å²) < 4.78 is 7.89. The van der Waals surface area contributed by atoms with Crippen LogP contribution in [0.2, 0.25) is 0 Å². The summed E-state index contributed by atoms with van der Waals surface area (Å²) in [6, 6.07) is 7.93. The first kappa shape index (κ1) is 18.5. The molecule has 0 saturated carbocycles. The highest BCUT2D eigenvalue weighted by molar-refractivity contribution is 5.62. The molecule has 1 aromatic carbocycles. The third-order valence-electron chi connectivity index (χ3n) is 5.08. The zero-order chi connectivity index (χ0) is 19.7. The number of nitrogen functional groups attached to an aromatic ring is 1. The average Bonchev–Trinajstić information content (AvgIpc) is 3.08. The lowest BCUT2D eigenvalue weighted by molar-refractivity contribution is 0.105. The minimum absolute atomic E-state index is 0.129. The first-order valence-corrected chi connectivity index (χ1v) is 9.73. The highest BCUT2D eigenvalue weighted by atomic mass is 16.5. The van der Waals surface area contributed by atoms with E-state index in [1.165, 1.54) is 0 Å². The van der Waals surface area contributed by atoms with E-state index in [4.69, 9.17) is 10.5 Å². The lowest BCUT2D eigenvalue weighted by Gasteiger charge is -2.28. The Morgan fingerprint density at radius 1 is 1.21 bits per heavy atom. The van der Waals surface area contributed by atoms with Crippen LogP contribution < -0.4 is 15.8 Å². The highest BCUT2D eigenvalue weighted by Gasteiger charge is 2.21. The average molecular weight is 381 g/mol. The van der Waals surface area contributed by atoms with Crippen LogP contribution in [0.15, 0.2) is 30.5 Å². The SMILES string of the molecule is CC(C)c1cnn2c(Nc3cccc(N)c3)nc(OC3CCN(C)CC3)nc12. The van der Waals surface area contributed by atoms with Gasteiger partial charge in [-0.2, -0.15) is 19.6 Å². The minimum Gasteiger partial charge on any atom is -0.460 e. The van der Waals surface area contributed by atoms with Gasteiger partial charge in [-0.25, -0.2) is 0 Å². The van der Waals surface area contributed by atoms with E-state index in [0.29, 0.717) is 23.6 Å². The summed E-state index contributed by atoms with van der Waals surface area (Å²) in [7, 11) is 2.13. The summed E-state index contributed by atoms with van der Waals surface area (Å²) in [6.07, 6.45) is 3.92. The van der Waals surface area contributed by atoms with Crippen LogP contribution in [0.5, 0.6) is 6.01 Å². The van der Waals surface area contributed by atoms with Crippen LogP contribution in [-0.4, -0.2) is 50.7 Å². The number of benzene rings is 1. The Morgan fingerprint density at radius 3 is 2.71 bits per heavy atom. The third kappa shape index (κ3) is 3.87. The summed E-state index contributed by atoms with van der Waals surface area (Å²) in [5, 5.41) is 7.80. The largest absolute Gasteiger partial charge is 0.460 e. The molecule has 28 heavy (non-hydrogen) atoms. The molecular weight excluding hydrogens is 354 g/mol. The molecular formula is C20H27N7O. The Kier molecular flexibility index (Phi) is 5.04. The highest BCUT2D eigenvalue weighted by Crippen LogP contribution is 2.26. The molecule has 4 rings (SSSR count). The molecule has 2 aromatic heterocycles. The van der Waals surface area contributed by atoms with Crippen molar-refractivity contribution in [3.8, 4) is 6.01 Å². The van der Waals surface area contributed by atoms with Crippen LogP contribution in [0.25, 0.3) is 5.65 Å². The van der Waals surface area contributed by atoms with E-state index < -0.39 is 0 Å². The zero-order valence-electron chi connectivity index (χ0n) is 16.6. The van der Waals surface area contributed by atoms with Gasteiger partial charge >= 0.3 is 6.01 Å². The molecule has 1 aliphatic heterocycles. The Morgan fingerprint density at radius 2 is 2.00 bits per heavy atom. The van der Waals surface area contributed by atoms with Crippen LogP contribution >= 0.6 is 0 Å². The van der Waals surface area contributed by atoms with Gasteiger partial charge in [0.2, 0.25) is 5.95 Å². The third-order valence-corrected chi connectivity index (χ3v) is 5.08. The maximum absolute atomic E-state index is 6.16. The Labute approximate surface area is 164 Å². The van der Waals surface area contributed by atoms with E-state index in [1.807, 2.05) is 30.5 Å². The topological polar surface area (TPSA) is 93.6 Å². The molecule has 0 amide bonds. The van der Waals surface area contributed by atoms with Gasteiger partial charge in [-0.05, 0) is 44.0 Å². The molecule has 0 unspecified atom stereocenters. The maximum atomic E-state index is 6.16. The number of nitrogens with one attached hydrogen (secondary N) is 1. The molecule has 1 fully saturated rings. The Bertz CT molecular complexity index is 960. The molecule has 0 aliphatic carbocycles. The van der Waals surface area contributed by atoms with Gasteiger partial charge in [0.05, 0.1) is 6.20 Å². The quantitative estimate of drug-likeness (QED) is 0.656. The Balaban J connectivity index is 1.70. The van der Waals surface area contributed by atoms with Gasteiger partial charge < -0.3 is 20.7 Å². The van der Waals surface area contributed by atoms with Gasteiger partial charge in [-0.1, -0.05) is 19.9 Å². The number of hydrogen-bond donors (Lipinski definition) is 2. The van der Waals surface area contributed by atoms with Crippen LogP contribution in [0, 0.1) is 0 Å². The number of hydrogen-bond acceptors (Lipinski definition) is 7. The van der Waals surface area contributed by atoms with Crippen molar-refractivity contribution in [2.75, 3.05) is 31.2 Å². The fourth-order valence-electron chi connectivity index (χ4n) is 3.41. The Hall–Kier alpha value is -2.87. The molecule has 0 radical (unpaired) electrons. The lowest BCUT2D eigenvalue weighted by atomic mass is 10.1. The van der Waals surface area contributed by atoms with E-state index >= 15 is 0 Å². The first-order valence-electron chi connectivity index (χ1n) is 9.73. The number of nitrogens with two attached hydrogens (primary N) is 1. The molecule has 1 aliphatic rings. The zero-order valence-corrected chi connectivity index (χ0v) is 16.6. The molecule has 0 bridgehead atoms. The molecule has 3 heterocycles. The van der Waals surface area contributed by atoms with Crippen LogP contribution in [0.3, 0.4) is 0 Å². The normalized spacial score (nSPS) is 16.0. The molecule has 3 aromatic rings. The summed E-state index contributed by atoms with van der Waals surface area (Å²) in [4.78, 5) is 11.6. The molecule has 0 spiro atoms. The van der Waals surface area contributed by atoms with Gasteiger partial charge in [0, 0.05) is 30.0 Å². The fourth-order valence-corrected chi connectivity index (χ4v) is 3.41. The van der Waals surface area contributed by atoms with E-state index in [9.17, 15) is 0 Å². The van der Waals surface area contributed by atoms with Crippen molar-refractivity contribution >= 4 is 23.0 Å². The number of fused-ring (bicyclic) bond motifs is 1. The second-order valence-electron chi connectivity index (χ2n) is 7.69. The number of nitrogens with zero attached hydrogens (tertiary/aromatic N) is 5. The van der Waals surface area contributed by atoms with E-state index in [-0.39, 0.29) is 6.10 Å². The molecule has 8 nitrogen and oxygen atoms in total. The second-order valence-corrected chi connectivity index (χ2v) is 7.69. The smallest absolute Gasteiger partial charge is 0.322 e. The van der Waals surface area contributed by atoms with Crippen molar-refractivity contribution in [1.82, 2.24) is 24.5 Å². The standard InChI is InChI=1S/C20H27N7O/c1-13(2)17-12-22-27-18(17)24-20(28-16-7-9-26(3)10-8-16)25-19(27)23-15-6-4-5-14(21)11-15/h4-6,11-13,16H,7-10,21H2,1-3H3,(H,23,24,25). The number of anilines is 3. The van der Waals surface area contributed by atoms with Gasteiger partial charge in [-0.15, -0.1) is 0 Å². The molecule has 0 atom stereocenters. The van der Waals surface area contributed by atoms with E-state index in [0.717, 1.165) is 42.8 Å². The number of rotatable bonds is 5. The van der Waals surface area contributed by atoms with Gasteiger partial charge in [0.1, 0.15) is 6.10 Å². The number of piperidine rings is 1. The van der Waals surface area contributed by atoms with Gasteiger partial charge in [-0.3, -0.25) is 0 Å². The predicted octanol–water partition coefficient (Wildman–Crippen LogP) is 3.05. The number of ether oxygens (including phenoxy) is 1. The molecule has 3 N–H and O–H groups in total. The van der Waals surface area contributed by atoms with Crippen molar-refractivity contribution in [3.05, 3.63) is 36.0 Å². The van der Waals surface area contributed by atoms with Crippen molar-refractivity contribution in [3.63, 3.8) is 0 Å². The van der Waals surface area contributed by atoms with E-state index in [1.54, 1.807) is 4.52 Å². The van der Waals surface area contributed by atoms with Crippen LogP contribution in [0.4, 0.5) is 17.3 Å². The summed E-state index contributed by atoms with van der Waals surface area (Å²) >= 11 is 0. The van der Waals surface area contributed by atoms with Crippen LogP contribution in [0.1, 0.15) is 38.2 Å². The van der Waals surface area contributed by atoms with Crippen molar-refractivity contribution in [2.24, 2.45) is 0 Å². The van der Waals surface area contributed by atoms with Crippen molar-refractivity contribution < 1.29 is 4.74 Å². The molecule has 1 saturated heterocycles.